The molecule has 22 heavy (non-hydrogen) atoms. The smallest absolute Gasteiger partial charge is 0 e. The Morgan fingerprint density at radius 2 is 1.09 bits per heavy atom. The Morgan fingerprint density at radius 3 is 1.50 bits per heavy atom. The summed E-state index contributed by atoms with van der Waals surface area (Å²) >= 11 is 0. The molecule has 0 aromatic heterocycles. The molecule has 0 heterocycles. The summed E-state index contributed by atoms with van der Waals surface area (Å²) in [5.74, 6) is 0.230. The fourth-order valence-corrected chi connectivity index (χ4v) is 1.23. The Hall–Kier alpha value is -2.34. The van der Waals surface area contributed by atoms with Crippen LogP contribution in [0, 0.1) is 20.0 Å². The number of carbonyl (C=O) groups is 1. The Balaban J connectivity index is -0.000000463. The van der Waals surface area contributed by atoms with Crippen LogP contribution < -0.4 is 4.74 Å². The van der Waals surface area contributed by atoms with E-state index in [9.17, 15) is 4.79 Å². The number of ether oxygens (including phenoxy) is 1. The molecule has 0 saturated carbocycles. The number of carbonyl (C=O) groups excluding carboxylic acids is 1. The minimum Gasteiger partial charge on any atom is 0 e. The van der Waals surface area contributed by atoms with Gasteiger partial charge in [0.15, 0.2) is 0 Å². The number of benzene rings is 2. The van der Waals surface area contributed by atoms with E-state index in [1.54, 1.807) is 24.3 Å². The molecule has 0 radical (unpaired) electrons. The van der Waals surface area contributed by atoms with Crippen LogP contribution in [-0.4, -0.2) is 5.97 Å². The summed E-state index contributed by atoms with van der Waals surface area (Å²) < 4.78 is 27.7. The molecule has 0 spiro atoms. The SMILES string of the molecule is O=C(Oc1ccccc1)c1ccccc1.[C-]#[O+].[C-]#[O+].[C-]#[O+].[Cr]. The van der Waals surface area contributed by atoms with Crippen molar-refractivity contribution in [3.05, 3.63) is 86.2 Å². The van der Waals surface area contributed by atoms with E-state index in [2.05, 4.69) is 20.0 Å². The largest absolute Gasteiger partial charge is 0 e. The molecule has 0 aliphatic rings. The first-order valence-electron chi connectivity index (χ1n) is 5.30. The van der Waals surface area contributed by atoms with Crippen molar-refractivity contribution in [1.29, 1.82) is 0 Å². The Morgan fingerprint density at radius 1 is 0.727 bits per heavy atom. The molecule has 0 unspecified atom stereocenters. The van der Waals surface area contributed by atoms with Gasteiger partial charge < -0.3 is 4.74 Å². The van der Waals surface area contributed by atoms with Crippen LogP contribution in [-0.2, 0) is 31.3 Å². The van der Waals surface area contributed by atoms with Crippen LogP contribution in [0.25, 0.3) is 0 Å². The number of para-hydroxylation sites is 1. The van der Waals surface area contributed by atoms with Crippen LogP contribution >= 0.6 is 0 Å². The fourth-order valence-electron chi connectivity index (χ4n) is 1.23. The van der Waals surface area contributed by atoms with E-state index in [-0.39, 0.29) is 23.3 Å². The second-order valence-corrected chi connectivity index (χ2v) is 3.07. The number of hydrogen-bond acceptors (Lipinski definition) is 2. The van der Waals surface area contributed by atoms with Crippen LogP contribution in [0.15, 0.2) is 60.7 Å². The second kappa shape index (κ2) is 18.7. The molecule has 110 valence electrons. The van der Waals surface area contributed by atoms with Crippen LogP contribution in [0.5, 0.6) is 5.75 Å². The minimum atomic E-state index is -0.332. The van der Waals surface area contributed by atoms with E-state index >= 15 is 0 Å². The molecular formula is C16H10CrO5. The molecule has 0 atom stereocenters. The Kier molecular flexibility index (Phi) is 20.9. The molecule has 6 heteroatoms. The van der Waals surface area contributed by atoms with Crippen molar-refractivity contribution in [1.82, 2.24) is 0 Å². The summed E-state index contributed by atoms with van der Waals surface area (Å²) in [4.78, 5) is 11.6. The third kappa shape index (κ3) is 10.4. The molecule has 0 fully saturated rings. The molecule has 0 aliphatic carbocycles. The van der Waals surface area contributed by atoms with Gasteiger partial charge in [-0.05, 0) is 24.3 Å². The van der Waals surface area contributed by atoms with Crippen molar-refractivity contribution in [2.45, 2.75) is 0 Å². The number of esters is 1. The number of rotatable bonds is 2. The van der Waals surface area contributed by atoms with Crippen molar-refractivity contribution in [2.24, 2.45) is 0 Å². The topological polar surface area (TPSA) is 86.0 Å². The quantitative estimate of drug-likeness (QED) is 0.366. The van der Waals surface area contributed by atoms with Crippen molar-refractivity contribution in [2.75, 3.05) is 0 Å². The Labute approximate surface area is 139 Å². The minimum absolute atomic E-state index is 0. The van der Waals surface area contributed by atoms with Crippen molar-refractivity contribution >= 4 is 5.97 Å². The van der Waals surface area contributed by atoms with Gasteiger partial charge in [0.1, 0.15) is 5.75 Å². The first kappa shape index (κ1) is 24.7. The molecule has 2 aromatic carbocycles. The van der Waals surface area contributed by atoms with Gasteiger partial charge in [0, 0.05) is 17.4 Å². The maximum Gasteiger partial charge on any atom is 0 e. The first-order valence-corrected chi connectivity index (χ1v) is 5.30. The van der Waals surface area contributed by atoms with E-state index in [4.69, 9.17) is 18.7 Å². The average Bonchev–Trinajstić information content (AvgIpc) is 2.62. The zero-order chi connectivity index (χ0) is 16.5. The average molecular weight is 334 g/mol. The molecule has 0 saturated heterocycles. The van der Waals surface area contributed by atoms with Gasteiger partial charge in [0.2, 0.25) is 0 Å². The number of hydrogen-bond donors (Lipinski definition) is 0. The third-order valence-corrected chi connectivity index (χ3v) is 1.96. The summed E-state index contributed by atoms with van der Waals surface area (Å²) in [6.07, 6.45) is 0. The summed E-state index contributed by atoms with van der Waals surface area (Å²) in [5.41, 5.74) is 0.557. The van der Waals surface area contributed by atoms with Gasteiger partial charge in [-0.15, -0.1) is 0 Å². The maximum atomic E-state index is 11.6. The zero-order valence-corrected chi connectivity index (χ0v) is 12.5. The molecule has 2 rings (SSSR count). The van der Waals surface area contributed by atoms with Crippen molar-refractivity contribution < 1.29 is 40.8 Å². The van der Waals surface area contributed by atoms with Crippen LogP contribution in [0.1, 0.15) is 10.4 Å². The Bertz CT molecular complexity index is 547. The molecule has 5 nitrogen and oxygen atoms in total. The predicted octanol–water partition coefficient (Wildman–Crippen LogP) is 2.79. The van der Waals surface area contributed by atoms with E-state index in [1.165, 1.54) is 0 Å². The summed E-state index contributed by atoms with van der Waals surface area (Å²) in [7, 11) is 0. The van der Waals surface area contributed by atoms with E-state index in [0.29, 0.717) is 11.3 Å². The van der Waals surface area contributed by atoms with E-state index in [1.807, 2.05) is 36.4 Å². The maximum absolute atomic E-state index is 11.6. The zero-order valence-electron chi connectivity index (χ0n) is 11.2. The van der Waals surface area contributed by atoms with Gasteiger partial charge in [-0.1, -0.05) is 36.4 Å². The summed E-state index contributed by atoms with van der Waals surface area (Å²) in [6, 6.07) is 18.0. The van der Waals surface area contributed by atoms with Gasteiger partial charge in [-0.25, -0.2) is 4.79 Å². The second-order valence-electron chi connectivity index (χ2n) is 3.07. The molecule has 2 aromatic rings. The standard InChI is InChI=1S/C13H10O2.3CO.Cr/c14-13(11-7-3-1-4-8-11)15-12-9-5-2-6-10-12;3*1-2;/h1-10H;;;;. The van der Waals surface area contributed by atoms with Gasteiger partial charge in [-0.3, -0.25) is 0 Å². The van der Waals surface area contributed by atoms with Gasteiger partial charge in [0.25, 0.3) is 0 Å². The van der Waals surface area contributed by atoms with Gasteiger partial charge >= 0.3 is 39.9 Å². The molecule has 0 bridgehead atoms. The van der Waals surface area contributed by atoms with E-state index in [0.717, 1.165) is 0 Å². The van der Waals surface area contributed by atoms with Crippen molar-refractivity contribution in [3.63, 3.8) is 0 Å². The van der Waals surface area contributed by atoms with Crippen LogP contribution in [0.4, 0.5) is 0 Å². The third-order valence-electron chi connectivity index (χ3n) is 1.96. The van der Waals surface area contributed by atoms with Gasteiger partial charge in [0.05, 0.1) is 5.56 Å². The van der Waals surface area contributed by atoms with Crippen LogP contribution in [0.2, 0.25) is 0 Å². The van der Waals surface area contributed by atoms with Crippen molar-refractivity contribution in [3.8, 4) is 5.75 Å². The van der Waals surface area contributed by atoms with Crippen LogP contribution in [0.3, 0.4) is 0 Å². The normalized spacial score (nSPS) is 6.82. The predicted molar refractivity (Wildman–Crippen MR) is 69.6 cm³/mol. The monoisotopic (exact) mass is 334 g/mol. The molecule has 0 N–H and O–H groups in total. The molecule has 0 aliphatic heterocycles. The fraction of sp³-hybridized carbons (Fsp3) is 0. The molecule has 0 amide bonds. The summed E-state index contributed by atoms with van der Waals surface area (Å²) in [6.45, 7) is 13.5. The van der Waals surface area contributed by atoms with E-state index < -0.39 is 0 Å². The first-order chi connectivity index (χ1) is 10.4. The summed E-state index contributed by atoms with van der Waals surface area (Å²) in [5, 5.41) is 0. The van der Waals surface area contributed by atoms with Gasteiger partial charge in [-0.2, -0.15) is 0 Å². The molecular weight excluding hydrogens is 324 g/mol.